The van der Waals surface area contributed by atoms with E-state index in [4.69, 9.17) is 5.11 Å². The molecule has 0 fully saturated rings. The van der Waals surface area contributed by atoms with Gasteiger partial charge in [-0.15, -0.1) is 0 Å². The second-order valence-electron chi connectivity index (χ2n) is 3.49. The van der Waals surface area contributed by atoms with Crippen molar-refractivity contribution in [2.45, 2.75) is 33.2 Å². The minimum atomic E-state index is -0.845. The predicted octanol–water partition coefficient (Wildman–Crippen LogP) is 1.12. The quantitative estimate of drug-likeness (QED) is 0.785. The van der Waals surface area contributed by atoms with Crippen molar-refractivity contribution in [3.05, 3.63) is 12.2 Å². The van der Waals surface area contributed by atoms with E-state index < -0.39 is 11.9 Å². The van der Waals surface area contributed by atoms with Crippen LogP contribution in [0.3, 0.4) is 0 Å². The van der Waals surface area contributed by atoms with Gasteiger partial charge in [-0.2, -0.15) is 5.10 Å². The Hall–Kier alpha value is -1.39. The standard InChI is InChI=1S/C9H15N3O2/c1-4-12-8(10-5-11-12)7(6(2)3)9(13)14/h5-7H,4H2,1-3H3,(H,13,14). The van der Waals surface area contributed by atoms with Gasteiger partial charge in [-0.05, 0) is 12.8 Å². The molecule has 0 spiro atoms. The molecule has 5 nitrogen and oxygen atoms in total. The molecular weight excluding hydrogens is 182 g/mol. The second-order valence-corrected chi connectivity index (χ2v) is 3.49. The summed E-state index contributed by atoms with van der Waals surface area (Å²) in [6.07, 6.45) is 1.40. The van der Waals surface area contributed by atoms with Crippen LogP contribution in [-0.2, 0) is 11.3 Å². The van der Waals surface area contributed by atoms with Crippen LogP contribution >= 0.6 is 0 Å². The summed E-state index contributed by atoms with van der Waals surface area (Å²) in [5, 5.41) is 13.0. The Morgan fingerprint density at radius 1 is 1.64 bits per heavy atom. The maximum Gasteiger partial charge on any atom is 0.314 e. The van der Waals surface area contributed by atoms with Gasteiger partial charge >= 0.3 is 5.97 Å². The lowest BCUT2D eigenvalue weighted by atomic mass is 9.95. The van der Waals surface area contributed by atoms with Crippen molar-refractivity contribution in [3.63, 3.8) is 0 Å². The van der Waals surface area contributed by atoms with Crippen LogP contribution in [0, 0.1) is 5.92 Å². The molecule has 0 saturated carbocycles. The number of aliphatic carboxylic acids is 1. The minimum Gasteiger partial charge on any atom is -0.481 e. The molecule has 0 aliphatic rings. The zero-order valence-electron chi connectivity index (χ0n) is 8.64. The molecule has 1 rings (SSSR count). The van der Waals surface area contributed by atoms with Gasteiger partial charge in [0, 0.05) is 6.54 Å². The highest BCUT2D eigenvalue weighted by Gasteiger charge is 2.27. The SMILES string of the molecule is CCn1ncnc1C(C(=O)O)C(C)C. The van der Waals surface area contributed by atoms with Gasteiger partial charge in [0.15, 0.2) is 0 Å². The normalized spacial score (nSPS) is 13.1. The summed E-state index contributed by atoms with van der Waals surface area (Å²) < 4.78 is 1.62. The number of hydrogen-bond acceptors (Lipinski definition) is 3. The molecule has 1 unspecified atom stereocenters. The third-order valence-corrected chi connectivity index (χ3v) is 2.16. The van der Waals surface area contributed by atoms with Gasteiger partial charge < -0.3 is 5.11 Å². The maximum absolute atomic E-state index is 11.0. The number of aromatic nitrogens is 3. The van der Waals surface area contributed by atoms with Crippen LogP contribution < -0.4 is 0 Å². The van der Waals surface area contributed by atoms with E-state index in [1.807, 2.05) is 20.8 Å². The van der Waals surface area contributed by atoms with Crippen molar-refractivity contribution in [2.75, 3.05) is 0 Å². The van der Waals surface area contributed by atoms with E-state index in [-0.39, 0.29) is 5.92 Å². The summed E-state index contributed by atoms with van der Waals surface area (Å²) in [5.74, 6) is -0.864. The first-order valence-corrected chi connectivity index (χ1v) is 4.68. The largest absolute Gasteiger partial charge is 0.481 e. The third kappa shape index (κ3) is 1.92. The number of hydrogen-bond donors (Lipinski definition) is 1. The third-order valence-electron chi connectivity index (χ3n) is 2.16. The molecule has 0 bridgehead atoms. The summed E-state index contributed by atoms with van der Waals surface area (Å²) in [6, 6.07) is 0. The van der Waals surface area contributed by atoms with Gasteiger partial charge in [0.1, 0.15) is 18.1 Å². The number of nitrogens with zero attached hydrogens (tertiary/aromatic N) is 3. The van der Waals surface area contributed by atoms with Gasteiger partial charge in [0.05, 0.1) is 0 Å². The number of carboxylic acid groups (broad SMARTS) is 1. The second kappa shape index (κ2) is 4.21. The summed E-state index contributed by atoms with van der Waals surface area (Å²) in [5.41, 5.74) is 0. The molecule has 0 amide bonds. The van der Waals surface area contributed by atoms with E-state index in [2.05, 4.69) is 10.1 Å². The Kier molecular flexibility index (Phi) is 3.22. The topological polar surface area (TPSA) is 68.0 Å². The highest BCUT2D eigenvalue weighted by molar-refractivity contribution is 5.75. The molecule has 0 aliphatic heterocycles. The van der Waals surface area contributed by atoms with E-state index >= 15 is 0 Å². The lowest BCUT2D eigenvalue weighted by Gasteiger charge is -2.15. The molecule has 1 aromatic heterocycles. The lowest BCUT2D eigenvalue weighted by Crippen LogP contribution is -2.22. The Balaban J connectivity index is 3.04. The molecule has 1 heterocycles. The van der Waals surface area contributed by atoms with E-state index in [1.165, 1.54) is 6.33 Å². The van der Waals surface area contributed by atoms with Crippen LogP contribution in [0.5, 0.6) is 0 Å². The van der Waals surface area contributed by atoms with E-state index in [9.17, 15) is 4.79 Å². The molecule has 1 N–H and O–H groups in total. The van der Waals surface area contributed by atoms with Crippen LogP contribution in [0.25, 0.3) is 0 Å². The van der Waals surface area contributed by atoms with E-state index in [0.717, 1.165) is 0 Å². The summed E-state index contributed by atoms with van der Waals surface area (Å²) in [6.45, 7) is 6.30. The predicted molar refractivity (Wildman–Crippen MR) is 50.9 cm³/mol. The van der Waals surface area contributed by atoms with Crippen LogP contribution in [0.2, 0.25) is 0 Å². The fourth-order valence-electron chi connectivity index (χ4n) is 1.45. The zero-order chi connectivity index (χ0) is 10.7. The van der Waals surface area contributed by atoms with Gasteiger partial charge in [-0.3, -0.25) is 4.79 Å². The smallest absolute Gasteiger partial charge is 0.314 e. The van der Waals surface area contributed by atoms with Gasteiger partial charge in [-0.1, -0.05) is 13.8 Å². The van der Waals surface area contributed by atoms with Gasteiger partial charge in [0.2, 0.25) is 0 Å². The van der Waals surface area contributed by atoms with E-state index in [0.29, 0.717) is 12.4 Å². The average molecular weight is 197 g/mol. The molecule has 1 aromatic rings. The highest BCUT2D eigenvalue weighted by Crippen LogP contribution is 2.22. The van der Waals surface area contributed by atoms with Crippen molar-refractivity contribution in [1.82, 2.24) is 14.8 Å². The Bertz CT molecular complexity index is 320. The Morgan fingerprint density at radius 3 is 2.71 bits per heavy atom. The summed E-state index contributed by atoms with van der Waals surface area (Å²) in [4.78, 5) is 15.0. The fraction of sp³-hybridized carbons (Fsp3) is 0.667. The first kappa shape index (κ1) is 10.7. The molecular formula is C9H15N3O2. The average Bonchev–Trinajstić information content (AvgIpc) is 2.51. The minimum absolute atomic E-state index is 0.0157. The fourth-order valence-corrected chi connectivity index (χ4v) is 1.45. The van der Waals surface area contributed by atoms with Crippen LogP contribution in [0.4, 0.5) is 0 Å². The van der Waals surface area contributed by atoms with Crippen molar-refractivity contribution in [2.24, 2.45) is 5.92 Å². The van der Waals surface area contributed by atoms with Crippen molar-refractivity contribution >= 4 is 5.97 Å². The van der Waals surface area contributed by atoms with Crippen LogP contribution in [-0.4, -0.2) is 25.8 Å². The van der Waals surface area contributed by atoms with Crippen LogP contribution in [0.1, 0.15) is 32.5 Å². The Morgan fingerprint density at radius 2 is 2.29 bits per heavy atom. The zero-order valence-corrected chi connectivity index (χ0v) is 8.64. The molecule has 14 heavy (non-hydrogen) atoms. The van der Waals surface area contributed by atoms with Gasteiger partial charge in [0.25, 0.3) is 0 Å². The summed E-state index contributed by atoms with van der Waals surface area (Å²) in [7, 11) is 0. The number of carboxylic acids is 1. The lowest BCUT2D eigenvalue weighted by molar-refractivity contribution is -0.140. The molecule has 0 aliphatic carbocycles. The molecule has 0 radical (unpaired) electrons. The molecule has 0 aromatic carbocycles. The van der Waals surface area contributed by atoms with Crippen LogP contribution in [0.15, 0.2) is 6.33 Å². The van der Waals surface area contributed by atoms with Gasteiger partial charge in [-0.25, -0.2) is 9.67 Å². The molecule has 5 heteroatoms. The van der Waals surface area contributed by atoms with E-state index in [1.54, 1.807) is 4.68 Å². The molecule has 78 valence electrons. The van der Waals surface area contributed by atoms with Crippen molar-refractivity contribution in [1.29, 1.82) is 0 Å². The Labute approximate surface area is 82.8 Å². The molecule has 1 atom stereocenters. The van der Waals surface area contributed by atoms with Crippen molar-refractivity contribution < 1.29 is 9.90 Å². The first-order chi connectivity index (χ1) is 6.57. The number of aryl methyl sites for hydroxylation is 1. The number of carbonyl (C=O) groups is 1. The monoisotopic (exact) mass is 197 g/mol. The summed E-state index contributed by atoms with van der Waals surface area (Å²) >= 11 is 0. The first-order valence-electron chi connectivity index (χ1n) is 4.68. The van der Waals surface area contributed by atoms with Crippen molar-refractivity contribution in [3.8, 4) is 0 Å². The highest BCUT2D eigenvalue weighted by atomic mass is 16.4. The number of rotatable bonds is 4. The maximum atomic E-state index is 11.0. The molecule has 0 saturated heterocycles.